The van der Waals surface area contributed by atoms with E-state index in [1.807, 2.05) is 44.1 Å². The van der Waals surface area contributed by atoms with E-state index >= 15 is 0 Å². The lowest BCUT2D eigenvalue weighted by Crippen LogP contribution is -2.40. The Kier molecular flexibility index (Phi) is 4.83. The van der Waals surface area contributed by atoms with Gasteiger partial charge in [0.15, 0.2) is 0 Å². The molecule has 0 spiro atoms. The maximum absolute atomic E-state index is 12.6. The number of amides is 1. The number of piperidine rings is 1. The Bertz CT molecular complexity index is 718. The first kappa shape index (κ1) is 16.5. The standard InChI is InChI=1S/C18H24N4O2/c1-13-11-19-7-4-17(13)24-12-15-5-8-22(9-6-15)18(23)16-10-14(2)20-21(16)3/h4,7,10-11,15H,5-6,8-9,12H2,1-3H3. The highest BCUT2D eigenvalue weighted by atomic mass is 16.5. The molecule has 0 aliphatic carbocycles. The first-order chi connectivity index (χ1) is 11.5. The van der Waals surface area contributed by atoms with E-state index in [1.165, 1.54) is 0 Å². The van der Waals surface area contributed by atoms with E-state index in [0.717, 1.165) is 42.9 Å². The SMILES string of the molecule is Cc1cc(C(=O)N2CCC(COc3ccncc3C)CC2)n(C)n1. The van der Waals surface area contributed by atoms with Crippen molar-refractivity contribution in [3.63, 3.8) is 0 Å². The summed E-state index contributed by atoms with van der Waals surface area (Å²) in [6, 6.07) is 3.75. The third-order valence-corrected chi connectivity index (χ3v) is 4.57. The lowest BCUT2D eigenvalue weighted by atomic mass is 9.97. The molecule has 0 atom stereocenters. The molecular weight excluding hydrogens is 304 g/mol. The molecule has 1 fully saturated rings. The predicted molar refractivity (Wildman–Crippen MR) is 91.0 cm³/mol. The number of hydrogen-bond donors (Lipinski definition) is 0. The zero-order valence-electron chi connectivity index (χ0n) is 14.5. The molecule has 1 saturated heterocycles. The molecule has 24 heavy (non-hydrogen) atoms. The van der Waals surface area contributed by atoms with E-state index in [2.05, 4.69) is 10.1 Å². The number of nitrogens with zero attached hydrogens (tertiary/aromatic N) is 4. The van der Waals surface area contributed by atoms with Gasteiger partial charge in [-0.3, -0.25) is 14.5 Å². The van der Waals surface area contributed by atoms with Gasteiger partial charge in [-0.25, -0.2) is 0 Å². The topological polar surface area (TPSA) is 60.3 Å². The van der Waals surface area contributed by atoms with Gasteiger partial charge >= 0.3 is 0 Å². The summed E-state index contributed by atoms with van der Waals surface area (Å²) in [6.45, 7) is 6.14. The number of aryl methyl sites for hydroxylation is 3. The molecule has 3 rings (SSSR count). The summed E-state index contributed by atoms with van der Waals surface area (Å²) < 4.78 is 7.59. The Labute approximate surface area is 142 Å². The van der Waals surface area contributed by atoms with E-state index in [1.54, 1.807) is 10.9 Å². The fourth-order valence-electron chi connectivity index (χ4n) is 3.11. The molecule has 1 aliphatic heterocycles. The minimum absolute atomic E-state index is 0.0717. The van der Waals surface area contributed by atoms with Gasteiger partial charge in [-0.2, -0.15) is 5.10 Å². The van der Waals surface area contributed by atoms with Crippen LogP contribution in [0.3, 0.4) is 0 Å². The number of ether oxygens (including phenoxy) is 1. The summed E-state index contributed by atoms with van der Waals surface area (Å²) in [7, 11) is 1.82. The molecule has 0 saturated carbocycles. The molecule has 0 radical (unpaired) electrons. The van der Waals surface area contributed by atoms with E-state index in [9.17, 15) is 4.79 Å². The molecule has 6 heteroatoms. The van der Waals surface area contributed by atoms with Crippen LogP contribution >= 0.6 is 0 Å². The molecule has 1 amide bonds. The maximum Gasteiger partial charge on any atom is 0.272 e. The van der Waals surface area contributed by atoms with Gasteiger partial charge in [-0.15, -0.1) is 0 Å². The lowest BCUT2D eigenvalue weighted by Gasteiger charge is -2.31. The van der Waals surface area contributed by atoms with Crippen LogP contribution in [0, 0.1) is 19.8 Å². The number of carbonyl (C=O) groups is 1. The van der Waals surface area contributed by atoms with Crippen molar-refractivity contribution >= 4 is 5.91 Å². The number of rotatable bonds is 4. The van der Waals surface area contributed by atoms with Crippen LogP contribution in [-0.4, -0.2) is 45.3 Å². The highest BCUT2D eigenvalue weighted by Gasteiger charge is 2.25. The Hall–Kier alpha value is -2.37. The van der Waals surface area contributed by atoms with Crippen LogP contribution in [0.25, 0.3) is 0 Å². The summed E-state index contributed by atoms with van der Waals surface area (Å²) in [5.41, 5.74) is 2.59. The Morgan fingerprint density at radius 2 is 2.08 bits per heavy atom. The van der Waals surface area contributed by atoms with Gasteiger partial charge < -0.3 is 9.64 Å². The van der Waals surface area contributed by atoms with Gasteiger partial charge in [0.25, 0.3) is 5.91 Å². The summed E-state index contributed by atoms with van der Waals surface area (Å²) >= 11 is 0. The maximum atomic E-state index is 12.6. The van der Waals surface area contributed by atoms with Crippen LogP contribution in [-0.2, 0) is 7.05 Å². The van der Waals surface area contributed by atoms with Crippen LogP contribution in [0.5, 0.6) is 5.75 Å². The van der Waals surface area contributed by atoms with E-state index in [4.69, 9.17) is 4.74 Å². The molecule has 0 bridgehead atoms. The van der Waals surface area contributed by atoms with Gasteiger partial charge in [-0.05, 0) is 44.7 Å². The second-order valence-corrected chi connectivity index (χ2v) is 6.48. The van der Waals surface area contributed by atoms with Gasteiger partial charge in [0.05, 0.1) is 12.3 Å². The number of pyridine rings is 1. The molecule has 1 aliphatic rings. The summed E-state index contributed by atoms with van der Waals surface area (Å²) in [4.78, 5) is 18.6. The zero-order chi connectivity index (χ0) is 17.1. The zero-order valence-corrected chi connectivity index (χ0v) is 14.5. The number of likely N-dealkylation sites (tertiary alicyclic amines) is 1. The minimum Gasteiger partial charge on any atom is -0.493 e. The normalized spacial score (nSPS) is 15.5. The average Bonchev–Trinajstić information content (AvgIpc) is 2.92. The molecule has 0 N–H and O–H groups in total. The summed E-state index contributed by atoms with van der Waals surface area (Å²) in [5.74, 6) is 1.45. The highest BCUT2D eigenvalue weighted by Crippen LogP contribution is 2.22. The highest BCUT2D eigenvalue weighted by molar-refractivity contribution is 5.92. The van der Waals surface area contributed by atoms with Crippen LogP contribution in [0.1, 0.15) is 34.6 Å². The van der Waals surface area contributed by atoms with Crippen molar-refractivity contribution in [3.05, 3.63) is 41.5 Å². The summed E-state index contributed by atoms with van der Waals surface area (Å²) in [6.07, 6.45) is 5.49. The van der Waals surface area contributed by atoms with Gasteiger partial charge in [0.2, 0.25) is 0 Å². The molecule has 0 unspecified atom stereocenters. The van der Waals surface area contributed by atoms with Crippen LogP contribution in [0.2, 0.25) is 0 Å². The lowest BCUT2D eigenvalue weighted by molar-refractivity contribution is 0.0650. The monoisotopic (exact) mass is 328 g/mol. The quantitative estimate of drug-likeness (QED) is 0.864. The second-order valence-electron chi connectivity index (χ2n) is 6.48. The first-order valence-corrected chi connectivity index (χ1v) is 8.38. The van der Waals surface area contributed by atoms with Crippen molar-refractivity contribution in [2.24, 2.45) is 13.0 Å². The molecular formula is C18H24N4O2. The molecule has 128 valence electrons. The largest absolute Gasteiger partial charge is 0.493 e. The van der Waals surface area contributed by atoms with E-state index in [0.29, 0.717) is 18.2 Å². The van der Waals surface area contributed by atoms with Crippen molar-refractivity contribution in [2.75, 3.05) is 19.7 Å². The molecule has 6 nitrogen and oxygen atoms in total. The van der Waals surface area contributed by atoms with Crippen molar-refractivity contribution < 1.29 is 9.53 Å². The van der Waals surface area contributed by atoms with Crippen LogP contribution in [0.15, 0.2) is 24.5 Å². The third kappa shape index (κ3) is 3.58. The predicted octanol–water partition coefficient (Wildman–Crippen LogP) is 2.36. The number of aromatic nitrogens is 3. The molecule has 2 aromatic heterocycles. The van der Waals surface area contributed by atoms with Gasteiger partial charge in [-0.1, -0.05) is 0 Å². The molecule has 2 aromatic rings. The molecule has 0 aromatic carbocycles. The second kappa shape index (κ2) is 7.03. The Balaban J connectivity index is 1.51. The minimum atomic E-state index is 0.0717. The van der Waals surface area contributed by atoms with Crippen molar-refractivity contribution in [1.82, 2.24) is 19.7 Å². The van der Waals surface area contributed by atoms with Crippen LogP contribution in [0.4, 0.5) is 0 Å². The van der Waals surface area contributed by atoms with E-state index < -0.39 is 0 Å². The molecule has 3 heterocycles. The van der Waals surface area contributed by atoms with Crippen molar-refractivity contribution in [3.8, 4) is 5.75 Å². The van der Waals surface area contributed by atoms with Crippen LogP contribution < -0.4 is 4.74 Å². The number of carbonyl (C=O) groups excluding carboxylic acids is 1. The third-order valence-electron chi connectivity index (χ3n) is 4.57. The van der Waals surface area contributed by atoms with Gasteiger partial charge in [0, 0.05) is 38.1 Å². The average molecular weight is 328 g/mol. The fourth-order valence-corrected chi connectivity index (χ4v) is 3.11. The smallest absolute Gasteiger partial charge is 0.272 e. The number of hydrogen-bond acceptors (Lipinski definition) is 4. The Morgan fingerprint density at radius 3 is 2.71 bits per heavy atom. The van der Waals surface area contributed by atoms with Crippen molar-refractivity contribution in [2.45, 2.75) is 26.7 Å². The fraction of sp³-hybridized carbons (Fsp3) is 0.500. The first-order valence-electron chi connectivity index (χ1n) is 8.38. The Morgan fingerprint density at radius 1 is 1.33 bits per heavy atom. The van der Waals surface area contributed by atoms with Crippen molar-refractivity contribution in [1.29, 1.82) is 0 Å². The summed E-state index contributed by atoms with van der Waals surface area (Å²) in [5, 5.41) is 4.26. The van der Waals surface area contributed by atoms with Gasteiger partial charge in [0.1, 0.15) is 11.4 Å². The van der Waals surface area contributed by atoms with E-state index in [-0.39, 0.29) is 5.91 Å².